The van der Waals surface area contributed by atoms with Crippen molar-refractivity contribution in [2.45, 2.75) is 45.6 Å². The molecule has 0 spiro atoms. The maximum Gasteiger partial charge on any atom is 0.191 e. The minimum atomic E-state index is 0. The molecule has 24 heavy (non-hydrogen) atoms. The van der Waals surface area contributed by atoms with E-state index in [1.165, 1.54) is 19.4 Å². The highest BCUT2D eigenvalue weighted by Gasteiger charge is 2.23. The van der Waals surface area contributed by atoms with Gasteiger partial charge in [0.2, 0.25) is 0 Å². The van der Waals surface area contributed by atoms with Crippen LogP contribution >= 0.6 is 24.0 Å². The minimum absolute atomic E-state index is 0. The fraction of sp³-hybridized carbons (Fsp3) is 0.941. The van der Waals surface area contributed by atoms with Crippen LogP contribution in [0, 0.1) is 0 Å². The van der Waals surface area contributed by atoms with Crippen molar-refractivity contribution in [2.24, 2.45) is 4.99 Å². The number of likely N-dealkylation sites (tertiary alicyclic amines) is 1. The normalized spacial score (nSPS) is 18.5. The van der Waals surface area contributed by atoms with E-state index in [2.05, 4.69) is 22.5 Å². The van der Waals surface area contributed by atoms with Gasteiger partial charge in [0.25, 0.3) is 0 Å². The van der Waals surface area contributed by atoms with Gasteiger partial charge in [0.1, 0.15) is 0 Å². The van der Waals surface area contributed by atoms with Gasteiger partial charge in [0, 0.05) is 46.0 Å². The molecule has 1 heterocycles. The first-order valence-corrected chi connectivity index (χ1v) is 9.14. The molecule has 1 saturated heterocycles. The van der Waals surface area contributed by atoms with Gasteiger partial charge in [-0.05, 0) is 46.1 Å². The second-order valence-electron chi connectivity index (χ2n) is 5.88. The van der Waals surface area contributed by atoms with Crippen LogP contribution in [0.1, 0.15) is 39.5 Å². The zero-order chi connectivity index (χ0) is 16.8. The molecular weight excluding hydrogens is 419 g/mol. The van der Waals surface area contributed by atoms with Crippen molar-refractivity contribution in [1.82, 2.24) is 15.5 Å². The third-order valence-corrected chi connectivity index (χ3v) is 4.10. The molecule has 0 radical (unpaired) electrons. The first kappa shape index (κ1) is 23.9. The molecule has 0 aliphatic carbocycles. The number of hydrogen-bond donors (Lipinski definition) is 2. The molecule has 1 fully saturated rings. The fourth-order valence-electron chi connectivity index (χ4n) is 2.82. The number of ether oxygens (including phenoxy) is 2. The van der Waals surface area contributed by atoms with Gasteiger partial charge in [-0.1, -0.05) is 0 Å². The zero-order valence-corrected chi connectivity index (χ0v) is 18.0. The summed E-state index contributed by atoms with van der Waals surface area (Å²) in [6.07, 6.45) is 4.70. The van der Waals surface area contributed by atoms with Crippen molar-refractivity contribution in [3.63, 3.8) is 0 Å². The van der Waals surface area contributed by atoms with Crippen LogP contribution in [0.4, 0.5) is 0 Å². The van der Waals surface area contributed by atoms with E-state index in [1.54, 1.807) is 7.11 Å². The molecule has 2 N–H and O–H groups in total. The lowest BCUT2D eigenvalue weighted by Gasteiger charge is -2.23. The number of halogens is 1. The van der Waals surface area contributed by atoms with Crippen molar-refractivity contribution in [3.8, 4) is 0 Å². The van der Waals surface area contributed by atoms with Crippen LogP contribution in [0.15, 0.2) is 4.99 Å². The van der Waals surface area contributed by atoms with Gasteiger partial charge in [-0.2, -0.15) is 0 Å². The molecular formula is C17H37IN4O2. The SMILES string of the molecule is CCNC(=NCC1CCCN1CCOC)NCCCCOCC.I. The van der Waals surface area contributed by atoms with Crippen LogP contribution in [0.5, 0.6) is 0 Å². The number of nitrogens with one attached hydrogen (secondary N) is 2. The van der Waals surface area contributed by atoms with Crippen molar-refractivity contribution in [1.29, 1.82) is 0 Å². The van der Waals surface area contributed by atoms with E-state index in [1.807, 2.05) is 6.92 Å². The van der Waals surface area contributed by atoms with Crippen LogP contribution in [-0.2, 0) is 9.47 Å². The van der Waals surface area contributed by atoms with Crippen LogP contribution in [0.2, 0.25) is 0 Å². The second-order valence-corrected chi connectivity index (χ2v) is 5.88. The largest absolute Gasteiger partial charge is 0.383 e. The highest BCUT2D eigenvalue weighted by molar-refractivity contribution is 14.0. The van der Waals surface area contributed by atoms with Crippen LogP contribution in [-0.4, -0.2) is 76.6 Å². The fourth-order valence-corrected chi connectivity index (χ4v) is 2.82. The molecule has 0 aromatic carbocycles. The lowest BCUT2D eigenvalue weighted by molar-refractivity contribution is 0.142. The van der Waals surface area contributed by atoms with Gasteiger partial charge < -0.3 is 20.1 Å². The van der Waals surface area contributed by atoms with Crippen LogP contribution in [0.3, 0.4) is 0 Å². The molecule has 6 nitrogen and oxygen atoms in total. The molecule has 7 heteroatoms. The molecule has 1 rings (SSSR count). The number of guanidine groups is 1. The van der Waals surface area contributed by atoms with Gasteiger partial charge >= 0.3 is 0 Å². The monoisotopic (exact) mass is 456 g/mol. The number of aliphatic imine (C=N–C) groups is 1. The zero-order valence-electron chi connectivity index (χ0n) is 15.7. The Balaban J connectivity index is 0.00000529. The number of methoxy groups -OCH3 is 1. The van der Waals surface area contributed by atoms with Crippen molar-refractivity contribution < 1.29 is 9.47 Å². The van der Waals surface area contributed by atoms with E-state index in [-0.39, 0.29) is 24.0 Å². The Labute approximate surface area is 165 Å². The number of nitrogens with zero attached hydrogens (tertiary/aromatic N) is 2. The summed E-state index contributed by atoms with van der Waals surface area (Å²) in [5.74, 6) is 0.933. The number of hydrogen-bond acceptors (Lipinski definition) is 4. The molecule has 1 aliphatic heterocycles. The summed E-state index contributed by atoms with van der Waals surface area (Å²) in [6, 6.07) is 0.554. The minimum Gasteiger partial charge on any atom is -0.383 e. The lowest BCUT2D eigenvalue weighted by Crippen LogP contribution is -2.40. The Morgan fingerprint density at radius 2 is 2.04 bits per heavy atom. The summed E-state index contributed by atoms with van der Waals surface area (Å²) < 4.78 is 10.6. The van der Waals surface area contributed by atoms with E-state index in [9.17, 15) is 0 Å². The standard InChI is InChI=1S/C17H36N4O2.HI/c1-4-18-17(19-10-6-7-13-23-5-2)20-15-16-9-8-11-21(16)12-14-22-3;/h16H,4-15H2,1-3H3,(H2,18,19,20);1H. The molecule has 0 bridgehead atoms. The molecule has 0 aromatic rings. The smallest absolute Gasteiger partial charge is 0.191 e. The molecule has 0 amide bonds. The van der Waals surface area contributed by atoms with E-state index in [0.717, 1.165) is 64.8 Å². The summed E-state index contributed by atoms with van der Waals surface area (Å²) in [4.78, 5) is 7.27. The maximum absolute atomic E-state index is 5.36. The number of rotatable bonds is 12. The van der Waals surface area contributed by atoms with Crippen LogP contribution in [0.25, 0.3) is 0 Å². The van der Waals surface area contributed by atoms with E-state index >= 15 is 0 Å². The Hall–Kier alpha value is -0.120. The Kier molecular flexibility index (Phi) is 16.3. The van der Waals surface area contributed by atoms with E-state index < -0.39 is 0 Å². The van der Waals surface area contributed by atoms with Gasteiger partial charge in [-0.15, -0.1) is 24.0 Å². The van der Waals surface area contributed by atoms with Gasteiger partial charge in [0.05, 0.1) is 13.2 Å². The van der Waals surface area contributed by atoms with Crippen molar-refractivity contribution in [3.05, 3.63) is 0 Å². The quantitative estimate of drug-likeness (QED) is 0.204. The van der Waals surface area contributed by atoms with E-state index in [4.69, 9.17) is 14.5 Å². The topological polar surface area (TPSA) is 58.1 Å². The molecule has 0 aromatic heterocycles. The Morgan fingerprint density at radius 1 is 1.21 bits per heavy atom. The van der Waals surface area contributed by atoms with Gasteiger partial charge in [0.15, 0.2) is 5.96 Å². The third-order valence-electron chi connectivity index (χ3n) is 4.10. The molecule has 1 aliphatic rings. The third kappa shape index (κ3) is 10.7. The van der Waals surface area contributed by atoms with Gasteiger partial charge in [-0.3, -0.25) is 9.89 Å². The average Bonchev–Trinajstić information content (AvgIpc) is 3.01. The predicted molar refractivity (Wildman–Crippen MR) is 112 cm³/mol. The van der Waals surface area contributed by atoms with Crippen molar-refractivity contribution in [2.75, 3.05) is 59.7 Å². The summed E-state index contributed by atoms with van der Waals surface area (Å²) in [7, 11) is 1.77. The summed E-state index contributed by atoms with van der Waals surface area (Å²) in [5, 5.41) is 6.75. The first-order valence-electron chi connectivity index (χ1n) is 9.14. The maximum atomic E-state index is 5.36. The summed E-state index contributed by atoms with van der Waals surface area (Å²) >= 11 is 0. The average molecular weight is 456 g/mol. The number of unbranched alkanes of at least 4 members (excludes halogenated alkanes) is 1. The molecule has 1 atom stereocenters. The first-order chi connectivity index (χ1) is 11.3. The van der Waals surface area contributed by atoms with Crippen molar-refractivity contribution >= 4 is 29.9 Å². The summed E-state index contributed by atoms with van der Waals surface area (Å²) in [5.41, 5.74) is 0. The molecule has 1 unspecified atom stereocenters. The predicted octanol–water partition coefficient (Wildman–Crippen LogP) is 2.09. The summed E-state index contributed by atoms with van der Waals surface area (Å²) in [6.45, 7) is 11.5. The van der Waals surface area contributed by atoms with Crippen LogP contribution < -0.4 is 10.6 Å². The van der Waals surface area contributed by atoms with Gasteiger partial charge in [-0.25, -0.2) is 0 Å². The lowest BCUT2D eigenvalue weighted by atomic mass is 10.2. The Morgan fingerprint density at radius 3 is 2.75 bits per heavy atom. The Bertz CT molecular complexity index is 319. The van der Waals surface area contributed by atoms with E-state index in [0.29, 0.717) is 6.04 Å². The highest BCUT2D eigenvalue weighted by Crippen LogP contribution is 2.16. The molecule has 0 saturated carbocycles. The molecule has 144 valence electrons. The second kappa shape index (κ2) is 16.4. The highest BCUT2D eigenvalue weighted by atomic mass is 127.